The maximum Gasteiger partial charge on any atom is 0.314 e. The van der Waals surface area contributed by atoms with Crippen molar-refractivity contribution in [3.8, 4) is 0 Å². The molecule has 0 spiro atoms. The Morgan fingerprint density at radius 2 is 2.43 bits per heavy atom. The fourth-order valence-electron chi connectivity index (χ4n) is 1.25. The number of urea groups is 1. The van der Waals surface area contributed by atoms with Gasteiger partial charge < -0.3 is 10.6 Å². The van der Waals surface area contributed by atoms with Crippen molar-refractivity contribution in [1.29, 1.82) is 0 Å². The van der Waals surface area contributed by atoms with Crippen LogP contribution in [0.1, 0.15) is 19.4 Å². The first-order valence-electron chi connectivity index (χ1n) is 4.77. The molecule has 0 aromatic carbocycles. The second kappa shape index (κ2) is 5.65. The quantitative estimate of drug-likeness (QED) is 0.787. The van der Waals surface area contributed by atoms with Crippen molar-refractivity contribution >= 4 is 17.4 Å². The van der Waals surface area contributed by atoms with Crippen LogP contribution in [-0.4, -0.2) is 18.6 Å². The highest BCUT2D eigenvalue weighted by Crippen LogP contribution is 2.08. The number of rotatable bonds is 4. The van der Waals surface area contributed by atoms with Crippen LogP contribution < -0.4 is 10.6 Å². The Bertz CT molecular complexity index is 272. The zero-order valence-electron chi connectivity index (χ0n) is 8.54. The Morgan fingerprint density at radius 1 is 1.64 bits per heavy atom. The van der Waals surface area contributed by atoms with Gasteiger partial charge in [0.15, 0.2) is 0 Å². The van der Waals surface area contributed by atoms with Gasteiger partial charge in [-0.1, -0.05) is 0 Å². The summed E-state index contributed by atoms with van der Waals surface area (Å²) < 4.78 is 0. The van der Waals surface area contributed by atoms with Gasteiger partial charge in [0.2, 0.25) is 0 Å². The zero-order chi connectivity index (χ0) is 10.4. The number of nitrogens with one attached hydrogen (secondary N) is 2. The van der Waals surface area contributed by atoms with E-state index in [0.717, 1.165) is 6.42 Å². The van der Waals surface area contributed by atoms with Crippen LogP contribution in [0.4, 0.5) is 4.79 Å². The van der Waals surface area contributed by atoms with E-state index in [1.165, 1.54) is 5.56 Å². The lowest BCUT2D eigenvalue weighted by Crippen LogP contribution is -2.41. The molecule has 4 heteroatoms. The molecule has 0 aliphatic heterocycles. The number of hydrogen-bond donors (Lipinski definition) is 2. The Kier molecular flexibility index (Phi) is 4.46. The number of thiophene rings is 1. The van der Waals surface area contributed by atoms with E-state index >= 15 is 0 Å². The molecule has 1 heterocycles. The molecule has 1 atom stereocenters. The minimum Gasteiger partial charge on any atom is -0.338 e. The van der Waals surface area contributed by atoms with Gasteiger partial charge in [0.1, 0.15) is 0 Å². The minimum absolute atomic E-state index is 0.0878. The van der Waals surface area contributed by atoms with Crippen molar-refractivity contribution in [2.45, 2.75) is 26.3 Å². The van der Waals surface area contributed by atoms with E-state index in [4.69, 9.17) is 0 Å². The second-order valence-corrected chi connectivity index (χ2v) is 4.02. The first kappa shape index (κ1) is 11.0. The second-order valence-electron chi connectivity index (χ2n) is 3.24. The smallest absolute Gasteiger partial charge is 0.314 e. The maximum absolute atomic E-state index is 11.2. The van der Waals surface area contributed by atoms with E-state index in [0.29, 0.717) is 6.54 Å². The molecule has 0 aliphatic carbocycles. The summed E-state index contributed by atoms with van der Waals surface area (Å²) in [4.78, 5) is 11.2. The van der Waals surface area contributed by atoms with Crippen LogP contribution >= 0.6 is 11.3 Å². The fourth-order valence-corrected chi connectivity index (χ4v) is 1.93. The molecular formula is C10H16N2OS. The van der Waals surface area contributed by atoms with Gasteiger partial charge in [-0.3, -0.25) is 0 Å². The van der Waals surface area contributed by atoms with Crippen molar-refractivity contribution < 1.29 is 4.79 Å². The molecule has 1 rings (SSSR count). The lowest BCUT2D eigenvalue weighted by molar-refractivity contribution is 0.238. The largest absolute Gasteiger partial charge is 0.338 e. The highest BCUT2D eigenvalue weighted by atomic mass is 32.1. The van der Waals surface area contributed by atoms with Crippen molar-refractivity contribution in [2.75, 3.05) is 6.54 Å². The van der Waals surface area contributed by atoms with Gasteiger partial charge in [-0.2, -0.15) is 11.3 Å². The van der Waals surface area contributed by atoms with E-state index < -0.39 is 0 Å². The molecule has 0 saturated heterocycles. The van der Waals surface area contributed by atoms with Crippen molar-refractivity contribution in [3.05, 3.63) is 22.4 Å². The molecule has 2 N–H and O–H groups in total. The molecule has 1 aromatic heterocycles. The molecule has 78 valence electrons. The molecule has 1 aromatic rings. The van der Waals surface area contributed by atoms with Crippen molar-refractivity contribution in [2.24, 2.45) is 0 Å². The minimum atomic E-state index is -0.0878. The van der Waals surface area contributed by atoms with Crippen LogP contribution in [-0.2, 0) is 6.42 Å². The Labute approximate surface area is 88.5 Å². The molecule has 3 nitrogen and oxygen atoms in total. The Morgan fingerprint density at radius 3 is 3.00 bits per heavy atom. The molecule has 0 aliphatic rings. The highest BCUT2D eigenvalue weighted by Gasteiger charge is 2.06. The number of amides is 2. The summed E-state index contributed by atoms with van der Waals surface area (Å²) in [5, 5.41) is 9.74. The van der Waals surface area contributed by atoms with E-state index in [1.54, 1.807) is 11.3 Å². The van der Waals surface area contributed by atoms with Crippen LogP contribution in [0.5, 0.6) is 0 Å². The van der Waals surface area contributed by atoms with E-state index in [9.17, 15) is 4.79 Å². The van der Waals surface area contributed by atoms with Crippen LogP contribution in [0, 0.1) is 0 Å². The molecular weight excluding hydrogens is 196 g/mol. The van der Waals surface area contributed by atoms with Gasteiger partial charge >= 0.3 is 6.03 Å². The standard InChI is InChI=1S/C10H16N2OS/c1-3-11-10(13)12-8(2)6-9-4-5-14-7-9/h4-5,7-8H,3,6H2,1-2H3,(H2,11,12,13). The van der Waals surface area contributed by atoms with Crippen LogP contribution in [0.15, 0.2) is 16.8 Å². The third kappa shape index (κ3) is 3.79. The predicted molar refractivity (Wildman–Crippen MR) is 59.7 cm³/mol. The number of carbonyl (C=O) groups is 1. The van der Waals surface area contributed by atoms with Crippen LogP contribution in [0.2, 0.25) is 0 Å². The zero-order valence-corrected chi connectivity index (χ0v) is 9.36. The molecule has 2 amide bonds. The topological polar surface area (TPSA) is 41.1 Å². The maximum atomic E-state index is 11.2. The van der Waals surface area contributed by atoms with Crippen LogP contribution in [0.25, 0.3) is 0 Å². The van der Waals surface area contributed by atoms with E-state index in [2.05, 4.69) is 22.1 Å². The average molecular weight is 212 g/mol. The van der Waals surface area contributed by atoms with Gasteiger partial charge in [-0.15, -0.1) is 0 Å². The summed E-state index contributed by atoms with van der Waals surface area (Å²) in [5.74, 6) is 0. The third-order valence-electron chi connectivity index (χ3n) is 1.84. The molecule has 1 unspecified atom stereocenters. The summed E-state index contributed by atoms with van der Waals surface area (Å²) in [7, 11) is 0. The summed E-state index contributed by atoms with van der Waals surface area (Å²) >= 11 is 1.68. The SMILES string of the molecule is CCNC(=O)NC(C)Cc1ccsc1. The Balaban J connectivity index is 2.29. The summed E-state index contributed by atoms with van der Waals surface area (Å²) in [6, 6.07) is 2.17. The van der Waals surface area contributed by atoms with Gasteiger partial charge in [-0.25, -0.2) is 4.79 Å². The fraction of sp³-hybridized carbons (Fsp3) is 0.500. The lowest BCUT2D eigenvalue weighted by atomic mass is 10.1. The van der Waals surface area contributed by atoms with Crippen molar-refractivity contribution in [3.63, 3.8) is 0 Å². The summed E-state index contributed by atoms with van der Waals surface area (Å²) in [6.07, 6.45) is 0.890. The Hall–Kier alpha value is -1.03. The van der Waals surface area contributed by atoms with Crippen molar-refractivity contribution in [1.82, 2.24) is 10.6 Å². The van der Waals surface area contributed by atoms with Gasteiger partial charge in [-0.05, 0) is 42.7 Å². The molecule has 14 heavy (non-hydrogen) atoms. The van der Waals surface area contributed by atoms with E-state index in [-0.39, 0.29) is 12.1 Å². The molecule has 0 fully saturated rings. The number of carbonyl (C=O) groups excluding carboxylic acids is 1. The normalized spacial score (nSPS) is 12.1. The highest BCUT2D eigenvalue weighted by molar-refractivity contribution is 7.07. The van der Waals surface area contributed by atoms with Gasteiger partial charge in [0.25, 0.3) is 0 Å². The number of hydrogen-bond acceptors (Lipinski definition) is 2. The first-order chi connectivity index (χ1) is 6.72. The monoisotopic (exact) mass is 212 g/mol. The van der Waals surface area contributed by atoms with Gasteiger partial charge in [0.05, 0.1) is 0 Å². The van der Waals surface area contributed by atoms with Crippen LogP contribution in [0.3, 0.4) is 0 Å². The van der Waals surface area contributed by atoms with E-state index in [1.807, 2.05) is 19.2 Å². The summed E-state index contributed by atoms with van der Waals surface area (Å²) in [5.41, 5.74) is 1.28. The first-order valence-corrected chi connectivity index (χ1v) is 5.72. The third-order valence-corrected chi connectivity index (χ3v) is 2.57. The van der Waals surface area contributed by atoms with Gasteiger partial charge in [0, 0.05) is 12.6 Å². The molecule has 0 bridgehead atoms. The lowest BCUT2D eigenvalue weighted by Gasteiger charge is -2.13. The predicted octanol–water partition coefficient (Wildman–Crippen LogP) is 2.00. The molecule has 0 radical (unpaired) electrons. The summed E-state index contributed by atoms with van der Waals surface area (Å²) in [6.45, 7) is 4.58. The average Bonchev–Trinajstić information content (AvgIpc) is 2.56. The molecule has 0 saturated carbocycles.